The van der Waals surface area contributed by atoms with E-state index in [0.29, 0.717) is 30.7 Å². The fourth-order valence-corrected chi connectivity index (χ4v) is 4.39. The molecule has 3 rings (SSSR count). The molecule has 2 aromatic carbocycles. The lowest BCUT2D eigenvalue weighted by molar-refractivity contribution is 0.181. The Hall–Kier alpha value is -1.54. The molecule has 25 heavy (non-hydrogen) atoms. The van der Waals surface area contributed by atoms with Gasteiger partial charge in [0.2, 0.25) is 10.0 Å². The highest BCUT2D eigenvalue weighted by Crippen LogP contribution is 2.22. The van der Waals surface area contributed by atoms with Crippen LogP contribution in [0.3, 0.4) is 0 Å². The topological polar surface area (TPSA) is 40.6 Å². The summed E-state index contributed by atoms with van der Waals surface area (Å²) in [6.45, 7) is 2.27. The Labute approximate surface area is 150 Å². The van der Waals surface area contributed by atoms with Crippen molar-refractivity contribution in [3.8, 4) is 0 Å². The molecule has 0 N–H and O–H groups in total. The Morgan fingerprint density at radius 3 is 2.20 bits per heavy atom. The van der Waals surface area contributed by atoms with Gasteiger partial charge in [0.1, 0.15) is 16.5 Å². The first-order chi connectivity index (χ1) is 11.9. The van der Waals surface area contributed by atoms with E-state index in [0.717, 1.165) is 17.7 Å². The minimum Gasteiger partial charge on any atom is -0.296 e. The lowest BCUT2D eigenvalue weighted by Gasteiger charge is -2.34. The molecule has 1 saturated heterocycles. The van der Waals surface area contributed by atoms with Crippen molar-refractivity contribution in [1.82, 2.24) is 9.21 Å². The maximum absolute atomic E-state index is 13.8. The summed E-state index contributed by atoms with van der Waals surface area (Å²) >= 11 is 5.86. The van der Waals surface area contributed by atoms with Gasteiger partial charge in [-0.2, -0.15) is 4.31 Å². The molecule has 0 aromatic heterocycles. The zero-order valence-electron chi connectivity index (χ0n) is 13.3. The van der Waals surface area contributed by atoms with Gasteiger partial charge in [-0.1, -0.05) is 23.7 Å². The molecule has 8 heteroatoms. The summed E-state index contributed by atoms with van der Waals surface area (Å²) in [7, 11) is -3.96. The molecule has 0 unspecified atom stereocenters. The van der Waals surface area contributed by atoms with Gasteiger partial charge in [0, 0.05) is 43.8 Å². The number of benzene rings is 2. The van der Waals surface area contributed by atoms with E-state index in [9.17, 15) is 17.2 Å². The summed E-state index contributed by atoms with van der Waals surface area (Å²) in [6.07, 6.45) is 0. The van der Waals surface area contributed by atoms with E-state index in [1.165, 1.54) is 4.31 Å². The first kappa shape index (κ1) is 18.3. The Kier molecular flexibility index (Phi) is 5.38. The fourth-order valence-electron chi connectivity index (χ4n) is 2.80. The average molecular weight is 387 g/mol. The van der Waals surface area contributed by atoms with Crippen molar-refractivity contribution in [2.45, 2.75) is 11.4 Å². The number of sulfonamides is 1. The molecular formula is C17H17ClF2N2O2S. The van der Waals surface area contributed by atoms with Gasteiger partial charge in [-0.25, -0.2) is 17.2 Å². The lowest BCUT2D eigenvalue weighted by Crippen LogP contribution is -2.48. The number of hydrogen-bond donors (Lipinski definition) is 0. The summed E-state index contributed by atoms with van der Waals surface area (Å²) in [5.41, 5.74) is 1.09. The van der Waals surface area contributed by atoms with E-state index in [2.05, 4.69) is 4.90 Å². The van der Waals surface area contributed by atoms with Crippen molar-refractivity contribution in [2.24, 2.45) is 0 Å². The van der Waals surface area contributed by atoms with Crippen LogP contribution in [0.2, 0.25) is 5.02 Å². The Morgan fingerprint density at radius 1 is 0.960 bits per heavy atom. The zero-order valence-corrected chi connectivity index (χ0v) is 14.9. The molecule has 1 fully saturated rings. The number of nitrogens with zero attached hydrogens (tertiary/aromatic N) is 2. The highest BCUT2D eigenvalue weighted by molar-refractivity contribution is 7.89. The minimum absolute atomic E-state index is 0.257. The second-order valence-electron chi connectivity index (χ2n) is 5.88. The maximum Gasteiger partial charge on any atom is 0.246 e. The first-order valence-corrected chi connectivity index (χ1v) is 9.60. The molecular weight excluding hydrogens is 370 g/mol. The minimum atomic E-state index is -3.96. The molecule has 1 heterocycles. The molecule has 2 aromatic rings. The summed E-state index contributed by atoms with van der Waals surface area (Å²) in [5.74, 6) is -1.87. The Morgan fingerprint density at radius 2 is 1.60 bits per heavy atom. The van der Waals surface area contributed by atoms with Gasteiger partial charge >= 0.3 is 0 Å². The van der Waals surface area contributed by atoms with Gasteiger partial charge < -0.3 is 0 Å². The third-order valence-electron chi connectivity index (χ3n) is 4.16. The van der Waals surface area contributed by atoms with Crippen molar-refractivity contribution in [3.63, 3.8) is 0 Å². The quantitative estimate of drug-likeness (QED) is 0.810. The summed E-state index contributed by atoms with van der Waals surface area (Å²) in [5, 5.41) is 0.668. The van der Waals surface area contributed by atoms with Crippen LogP contribution in [0.15, 0.2) is 47.4 Å². The molecule has 0 aliphatic carbocycles. The van der Waals surface area contributed by atoms with Crippen LogP contribution in [0.1, 0.15) is 5.56 Å². The van der Waals surface area contributed by atoms with Crippen molar-refractivity contribution in [2.75, 3.05) is 26.2 Å². The molecule has 0 saturated carbocycles. The van der Waals surface area contributed by atoms with Crippen LogP contribution < -0.4 is 0 Å². The van der Waals surface area contributed by atoms with Crippen LogP contribution in [0.5, 0.6) is 0 Å². The number of rotatable bonds is 4. The number of hydrogen-bond acceptors (Lipinski definition) is 3. The average Bonchev–Trinajstić information content (AvgIpc) is 2.57. The van der Waals surface area contributed by atoms with Gasteiger partial charge in [0.25, 0.3) is 0 Å². The predicted octanol–water partition coefficient (Wildman–Crippen LogP) is 3.12. The first-order valence-electron chi connectivity index (χ1n) is 7.78. The largest absolute Gasteiger partial charge is 0.296 e. The molecule has 134 valence electrons. The fraction of sp³-hybridized carbons (Fsp3) is 0.294. The summed E-state index contributed by atoms with van der Waals surface area (Å²) in [6, 6.07) is 10.00. The summed E-state index contributed by atoms with van der Waals surface area (Å²) < 4.78 is 53.2. The molecule has 0 radical (unpaired) electrons. The second-order valence-corrected chi connectivity index (χ2v) is 8.22. The predicted molar refractivity (Wildman–Crippen MR) is 91.8 cm³/mol. The molecule has 0 bridgehead atoms. The van der Waals surface area contributed by atoms with Crippen LogP contribution >= 0.6 is 11.6 Å². The third-order valence-corrected chi connectivity index (χ3v) is 6.35. The van der Waals surface area contributed by atoms with E-state index in [1.54, 1.807) is 0 Å². The number of halogens is 3. The zero-order chi connectivity index (χ0) is 18.0. The van der Waals surface area contributed by atoms with Crippen LogP contribution in [0, 0.1) is 11.6 Å². The van der Waals surface area contributed by atoms with Gasteiger partial charge in [-0.3, -0.25) is 4.90 Å². The molecule has 0 atom stereocenters. The maximum atomic E-state index is 13.8. The smallest absolute Gasteiger partial charge is 0.246 e. The Balaban J connectivity index is 1.66. The monoisotopic (exact) mass is 386 g/mol. The normalized spacial score (nSPS) is 16.9. The van der Waals surface area contributed by atoms with Gasteiger partial charge in [0.15, 0.2) is 0 Å². The van der Waals surface area contributed by atoms with Gasteiger partial charge in [-0.15, -0.1) is 0 Å². The van der Waals surface area contributed by atoms with Crippen molar-refractivity contribution >= 4 is 21.6 Å². The Bertz CT molecular complexity index is 851. The van der Waals surface area contributed by atoms with Crippen LogP contribution in [0.25, 0.3) is 0 Å². The molecule has 1 aliphatic heterocycles. The van der Waals surface area contributed by atoms with E-state index >= 15 is 0 Å². The van der Waals surface area contributed by atoms with E-state index < -0.39 is 26.6 Å². The van der Waals surface area contributed by atoms with E-state index in [4.69, 9.17) is 11.6 Å². The summed E-state index contributed by atoms with van der Waals surface area (Å²) in [4.78, 5) is 1.64. The third kappa shape index (κ3) is 4.17. The molecule has 4 nitrogen and oxygen atoms in total. The van der Waals surface area contributed by atoms with Crippen LogP contribution in [0.4, 0.5) is 8.78 Å². The number of piperazine rings is 1. The van der Waals surface area contributed by atoms with Crippen molar-refractivity contribution < 1.29 is 17.2 Å². The van der Waals surface area contributed by atoms with Crippen LogP contribution in [-0.2, 0) is 16.6 Å². The highest BCUT2D eigenvalue weighted by Gasteiger charge is 2.30. The highest BCUT2D eigenvalue weighted by atomic mass is 35.5. The molecule has 0 amide bonds. The van der Waals surface area contributed by atoms with Gasteiger partial charge in [-0.05, 0) is 29.8 Å². The molecule has 0 spiro atoms. The molecule has 1 aliphatic rings. The van der Waals surface area contributed by atoms with Crippen molar-refractivity contribution in [1.29, 1.82) is 0 Å². The van der Waals surface area contributed by atoms with E-state index in [1.807, 2.05) is 24.3 Å². The van der Waals surface area contributed by atoms with Crippen molar-refractivity contribution in [3.05, 3.63) is 64.7 Å². The lowest BCUT2D eigenvalue weighted by atomic mass is 10.2. The second kappa shape index (κ2) is 7.37. The SMILES string of the molecule is O=S(=O)(c1ccc(F)cc1F)N1CCN(Cc2ccc(Cl)cc2)CC1. The van der Waals surface area contributed by atoms with Gasteiger partial charge in [0.05, 0.1) is 0 Å². The van der Waals surface area contributed by atoms with Crippen LogP contribution in [-0.4, -0.2) is 43.8 Å². The van der Waals surface area contributed by atoms with E-state index in [-0.39, 0.29) is 13.1 Å². The standard InChI is InChI=1S/C17H17ClF2N2O2S/c18-14-3-1-13(2-4-14)12-21-7-9-22(10-8-21)25(23,24)17-6-5-15(19)11-16(17)20/h1-6,11H,7-10,12H2.